The zero-order valence-electron chi connectivity index (χ0n) is 12.4. The van der Waals surface area contributed by atoms with E-state index in [1.165, 1.54) is 11.1 Å². The van der Waals surface area contributed by atoms with Crippen molar-refractivity contribution in [3.8, 4) is 5.75 Å². The van der Waals surface area contributed by atoms with Gasteiger partial charge in [0.1, 0.15) is 5.75 Å². The number of para-hydroxylation sites is 2. The largest absolute Gasteiger partial charge is 0.492 e. The molecule has 0 radical (unpaired) electrons. The van der Waals surface area contributed by atoms with Crippen molar-refractivity contribution in [1.29, 1.82) is 0 Å². The summed E-state index contributed by atoms with van der Waals surface area (Å²) in [5.41, 5.74) is 3.83. The number of ether oxygens (including phenoxy) is 1. The Hall–Kier alpha value is -2.00. The van der Waals surface area contributed by atoms with Gasteiger partial charge in [0.25, 0.3) is 0 Å². The summed E-state index contributed by atoms with van der Waals surface area (Å²) in [6, 6.07) is 17.1. The average molecular weight is 282 g/mol. The van der Waals surface area contributed by atoms with E-state index in [4.69, 9.17) is 4.74 Å². The fourth-order valence-corrected chi connectivity index (χ4v) is 2.86. The van der Waals surface area contributed by atoms with Crippen molar-refractivity contribution in [3.05, 3.63) is 59.7 Å². The molecule has 0 aromatic heterocycles. The molecule has 0 spiro atoms. The van der Waals surface area contributed by atoms with Crippen LogP contribution in [-0.4, -0.2) is 13.2 Å². The van der Waals surface area contributed by atoms with Crippen molar-refractivity contribution < 1.29 is 4.74 Å². The van der Waals surface area contributed by atoms with Crippen molar-refractivity contribution in [1.82, 2.24) is 5.32 Å². The average Bonchev–Trinajstić information content (AvgIpc) is 2.72. The number of benzene rings is 2. The fourth-order valence-electron chi connectivity index (χ4n) is 2.86. The van der Waals surface area contributed by atoms with Gasteiger partial charge in [0.05, 0.1) is 18.3 Å². The second kappa shape index (κ2) is 6.64. The molecular weight excluding hydrogens is 260 g/mol. The third-order valence-electron chi connectivity index (χ3n) is 3.87. The van der Waals surface area contributed by atoms with Crippen LogP contribution < -0.4 is 15.4 Å². The van der Waals surface area contributed by atoms with Crippen molar-refractivity contribution in [3.63, 3.8) is 0 Å². The summed E-state index contributed by atoms with van der Waals surface area (Å²) in [5, 5.41) is 7.15. The smallest absolute Gasteiger partial charge is 0.142 e. The van der Waals surface area contributed by atoms with E-state index < -0.39 is 0 Å². The van der Waals surface area contributed by atoms with Crippen LogP contribution in [0.15, 0.2) is 48.5 Å². The molecule has 1 heterocycles. The molecule has 3 heteroatoms. The third kappa shape index (κ3) is 3.19. The van der Waals surface area contributed by atoms with Crippen LogP contribution >= 0.6 is 0 Å². The summed E-state index contributed by atoms with van der Waals surface area (Å²) >= 11 is 0. The monoisotopic (exact) mass is 282 g/mol. The third-order valence-corrected chi connectivity index (χ3v) is 3.87. The van der Waals surface area contributed by atoms with E-state index in [2.05, 4.69) is 41.0 Å². The lowest BCUT2D eigenvalue weighted by molar-refractivity contribution is 0.341. The lowest BCUT2D eigenvalue weighted by Gasteiger charge is -2.22. The first-order valence-electron chi connectivity index (χ1n) is 7.65. The first kappa shape index (κ1) is 14.0. The van der Waals surface area contributed by atoms with E-state index in [0.717, 1.165) is 30.9 Å². The van der Waals surface area contributed by atoms with Crippen LogP contribution in [0.4, 0.5) is 5.69 Å². The number of fused-ring (bicyclic) bond motifs is 1. The van der Waals surface area contributed by atoms with Crippen LogP contribution in [0.2, 0.25) is 0 Å². The molecule has 3 rings (SSSR count). The topological polar surface area (TPSA) is 33.3 Å². The highest BCUT2D eigenvalue weighted by atomic mass is 16.5. The van der Waals surface area contributed by atoms with E-state index >= 15 is 0 Å². The number of hydrogen-bond acceptors (Lipinski definition) is 3. The van der Waals surface area contributed by atoms with Gasteiger partial charge in [-0.25, -0.2) is 0 Å². The molecule has 1 atom stereocenters. The van der Waals surface area contributed by atoms with E-state index in [-0.39, 0.29) is 0 Å². The van der Waals surface area contributed by atoms with Gasteiger partial charge in [-0.05, 0) is 43.1 Å². The van der Waals surface area contributed by atoms with E-state index in [0.29, 0.717) is 12.6 Å². The zero-order chi connectivity index (χ0) is 14.5. The van der Waals surface area contributed by atoms with Gasteiger partial charge in [-0.1, -0.05) is 36.4 Å². The van der Waals surface area contributed by atoms with Gasteiger partial charge in [-0.2, -0.15) is 0 Å². The molecule has 110 valence electrons. The summed E-state index contributed by atoms with van der Waals surface area (Å²) in [4.78, 5) is 0. The number of anilines is 1. The summed E-state index contributed by atoms with van der Waals surface area (Å²) in [7, 11) is 0. The van der Waals surface area contributed by atoms with Gasteiger partial charge in [-0.3, -0.25) is 0 Å². The molecule has 0 fully saturated rings. The van der Waals surface area contributed by atoms with Crippen molar-refractivity contribution in [2.24, 2.45) is 0 Å². The number of nitrogens with one attached hydrogen (secondary N) is 2. The Morgan fingerprint density at radius 2 is 1.95 bits per heavy atom. The molecule has 2 aromatic rings. The molecule has 0 saturated heterocycles. The van der Waals surface area contributed by atoms with Gasteiger partial charge >= 0.3 is 0 Å². The normalized spacial score (nSPS) is 17.7. The van der Waals surface area contributed by atoms with Crippen LogP contribution in [0.25, 0.3) is 0 Å². The lowest BCUT2D eigenvalue weighted by atomic mass is 9.99. The summed E-state index contributed by atoms with van der Waals surface area (Å²) < 4.78 is 5.72. The van der Waals surface area contributed by atoms with Crippen molar-refractivity contribution >= 4 is 5.69 Å². The molecule has 0 amide bonds. The van der Waals surface area contributed by atoms with E-state index in [9.17, 15) is 0 Å². The van der Waals surface area contributed by atoms with Gasteiger partial charge in [0.2, 0.25) is 0 Å². The minimum absolute atomic E-state index is 0.317. The molecular formula is C18H22N2O. The lowest BCUT2D eigenvalue weighted by Crippen LogP contribution is -2.15. The molecule has 1 aliphatic rings. The Morgan fingerprint density at radius 3 is 2.86 bits per heavy atom. The van der Waals surface area contributed by atoms with Gasteiger partial charge in [0.15, 0.2) is 0 Å². The standard InChI is InChI=1S/C18H22N2O/c1-2-21-18-10-6-5-9-17(18)20-16-11-12-19-13-14-7-3-4-8-15(14)16/h3-10,16,19-20H,2,11-13H2,1H3. The Labute approximate surface area is 126 Å². The SMILES string of the molecule is CCOc1ccccc1NC1CCNCc2ccccc21. The maximum Gasteiger partial charge on any atom is 0.142 e. The molecule has 0 saturated carbocycles. The fraction of sp³-hybridized carbons (Fsp3) is 0.333. The maximum absolute atomic E-state index is 5.72. The molecule has 3 nitrogen and oxygen atoms in total. The van der Waals surface area contributed by atoms with Gasteiger partial charge < -0.3 is 15.4 Å². The minimum Gasteiger partial charge on any atom is -0.492 e. The van der Waals surface area contributed by atoms with Gasteiger partial charge in [-0.15, -0.1) is 0 Å². The first-order valence-corrected chi connectivity index (χ1v) is 7.65. The Morgan fingerprint density at radius 1 is 1.14 bits per heavy atom. The summed E-state index contributed by atoms with van der Waals surface area (Å²) in [5.74, 6) is 0.926. The highest BCUT2D eigenvalue weighted by Gasteiger charge is 2.18. The van der Waals surface area contributed by atoms with Crippen LogP contribution in [0.5, 0.6) is 5.75 Å². The van der Waals surface area contributed by atoms with Crippen LogP contribution in [0, 0.1) is 0 Å². The molecule has 2 N–H and O–H groups in total. The molecule has 21 heavy (non-hydrogen) atoms. The maximum atomic E-state index is 5.72. The van der Waals surface area contributed by atoms with Crippen LogP contribution in [-0.2, 0) is 6.54 Å². The minimum atomic E-state index is 0.317. The molecule has 1 aliphatic heterocycles. The quantitative estimate of drug-likeness (QED) is 0.896. The van der Waals surface area contributed by atoms with E-state index in [1.807, 2.05) is 25.1 Å². The van der Waals surface area contributed by atoms with Crippen LogP contribution in [0.3, 0.4) is 0 Å². The molecule has 2 aromatic carbocycles. The highest BCUT2D eigenvalue weighted by Crippen LogP contribution is 2.31. The second-order valence-electron chi connectivity index (χ2n) is 5.29. The van der Waals surface area contributed by atoms with Crippen LogP contribution in [0.1, 0.15) is 30.5 Å². The molecule has 1 unspecified atom stereocenters. The zero-order valence-corrected chi connectivity index (χ0v) is 12.4. The summed E-state index contributed by atoms with van der Waals surface area (Å²) in [6.07, 6.45) is 1.07. The molecule has 0 bridgehead atoms. The Bertz CT molecular complexity index is 597. The number of hydrogen-bond donors (Lipinski definition) is 2. The molecule has 0 aliphatic carbocycles. The number of rotatable bonds is 4. The highest BCUT2D eigenvalue weighted by molar-refractivity contribution is 5.57. The van der Waals surface area contributed by atoms with E-state index in [1.54, 1.807) is 0 Å². The Kier molecular flexibility index (Phi) is 4.41. The first-order chi connectivity index (χ1) is 10.4. The van der Waals surface area contributed by atoms with Crippen molar-refractivity contribution in [2.75, 3.05) is 18.5 Å². The second-order valence-corrected chi connectivity index (χ2v) is 5.29. The summed E-state index contributed by atoms with van der Waals surface area (Å²) in [6.45, 7) is 4.66. The predicted octanol–water partition coefficient (Wildman–Crippen LogP) is 3.73. The van der Waals surface area contributed by atoms with Gasteiger partial charge in [0, 0.05) is 6.54 Å². The Balaban J connectivity index is 1.88. The predicted molar refractivity (Wildman–Crippen MR) is 86.7 cm³/mol. The van der Waals surface area contributed by atoms with Crippen molar-refractivity contribution in [2.45, 2.75) is 25.9 Å².